The molecule has 1 aromatic heterocycles. The molecule has 0 amide bonds. The van der Waals surface area contributed by atoms with Gasteiger partial charge in [0.15, 0.2) is 0 Å². The number of hydrogen-bond donors (Lipinski definition) is 2. The van der Waals surface area contributed by atoms with Gasteiger partial charge in [-0.1, -0.05) is 0 Å². The maximum Gasteiger partial charge on any atom is 0.110 e. The fourth-order valence-electron chi connectivity index (χ4n) is 2.14. The van der Waals surface area contributed by atoms with Crippen LogP contribution in [0, 0.1) is 11.3 Å². The van der Waals surface area contributed by atoms with Crippen molar-refractivity contribution < 1.29 is 5.11 Å². The van der Waals surface area contributed by atoms with Crippen molar-refractivity contribution in [2.45, 2.75) is 37.8 Å². The molecule has 0 bridgehead atoms. The van der Waals surface area contributed by atoms with Gasteiger partial charge in [-0.25, -0.2) is 0 Å². The van der Waals surface area contributed by atoms with E-state index in [0.29, 0.717) is 0 Å². The number of nitriles is 1. The van der Waals surface area contributed by atoms with E-state index in [2.05, 4.69) is 11.4 Å². The van der Waals surface area contributed by atoms with Crippen molar-refractivity contribution in [3.05, 3.63) is 21.9 Å². The highest BCUT2D eigenvalue weighted by molar-refractivity contribution is 7.12. The molecule has 1 fully saturated rings. The maximum atomic E-state index is 9.03. The van der Waals surface area contributed by atoms with Gasteiger partial charge in [-0.05, 0) is 37.8 Å². The zero-order valence-corrected chi connectivity index (χ0v) is 10.0. The van der Waals surface area contributed by atoms with Crippen LogP contribution in [-0.4, -0.2) is 17.3 Å². The quantitative estimate of drug-likeness (QED) is 0.822. The van der Waals surface area contributed by atoms with E-state index in [9.17, 15) is 0 Å². The summed E-state index contributed by atoms with van der Waals surface area (Å²) in [4.78, 5) is 1.96. The third kappa shape index (κ3) is 2.43. The summed E-state index contributed by atoms with van der Waals surface area (Å²) < 4.78 is 0. The monoisotopic (exact) mass is 236 g/mol. The lowest BCUT2D eigenvalue weighted by molar-refractivity contribution is 0.130. The number of rotatable bonds is 5. The van der Waals surface area contributed by atoms with Crippen LogP contribution in [0.15, 0.2) is 12.1 Å². The Labute approximate surface area is 99.7 Å². The molecule has 0 spiro atoms. The van der Waals surface area contributed by atoms with Gasteiger partial charge in [-0.15, -0.1) is 11.3 Å². The second-order valence-electron chi connectivity index (χ2n) is 4.34. The molecule has 16 heavy (non-hydrogen) atoms. The highest BCUT2D eigenvalue weighted by atomic mass is 32.1. The summed E-state index contributed by atoms with van der Waals surface area (Å²) in [5.74, 6) is 0. The summed E-state index contributed by atoms with van der Waals surface area (Å²) >= 11 is 1.54. The van der Waals surface area contributed by atoms with Gasteiger partial charge in [-0.3, -0.25) is 0 Å². The minimum atomic E-state index is 0.158. The molecule has 1 saturated carbocycles. The van der Waals surface area contributed by atoms with Crippen LogP contribution in [0.2, 0.25) is 0 Å². The summed E-state index contributed by atoms with van der Waals surface area (Å²) in [5.41, 5.74) is 0.158. The van der Waals surface area contributed by atoms with Gasteiger partial charge >= 0.3 is 0 Å². The smallest absolute Gasteiger partial charge is 0.110 e. The molecule has 2 rings (SSSR count). The molecule has 1 heterocycles. The average Bonchev–Trinajstić information content (AvgIpc) is 2.70. The molecule has 4 heteroatoms. The SMILES string of the molecule is N#Cc1ccc(CNC2(CCO)CCC2)s1. The van der Waals surface area contributed by atoms with Gasteiger partial charge in [0.1, 0.15) is 10.9 Å². The highest BCUT2D eigenvalue weighted by Crippen LogP contribution is 2.35. The largest absolute Gasteiger partial charge is 0.396 e. The van der Waals surface area contributed by atoms with Crippen molar-refractivity contribution in [3.8, 4) is 6.07 Å². The Hall–Kier alpha value is -0.890. The molecule has 0 aliphatic heterocycles. The van der Waals surface area contributed by atoms with Crippen LogP contribution < -0.4 is 5.32 Å². The van der Waals surface area contributed by atoms with Crippen LogP contribution in [0.25, 0.3) is 0 Å². The molecule has 2 N–H and O–H groups in total. The Morgan fingerprint density at radius 3 is 2.81 bits per heavy atom. The number of nitrogens with one attached hydrogen (secondary N) is 1. The molecule has 0 saturated heterocycles. The summed E-state index contributed by atoms with van der Waals surface area (Å²) in [6, 6.07) is 6.01. The Bertz CT molecular complexity index is 390. The van der Waals surface area contributed by atoms with E-state index in [1.54, 1.807) is 11.3 Å². The normalized spacial score (nSPS) is 17.8. The minimum absolute atomic E-state index is 0.158. The second-order valence-corrected chi connectivity index (χ2v) is 5.51. The zero-order chi connectivity index (χ0) is 11.4. The summed E-state index contributed by atoms with van der Waals surface area (Å²) in [6.45, 7) is 1.06. The van der Waals surface area contributed by atoms with Gasteiger partial charge in [0, 0.05) is 23.6 Å². The summed E-state index contributed by atoms with van der Waals surface area (Å²) in [7, 11) is 0. The second kappa shape index (κ2) is 4.96. The van der Waals surface area contributed by atoms with Crippen LogP contribution in [0.3, 0.4) is 0 Å². The van der Waals surface area contributed by atoms with E-state index in [1.807, 2.05) is 12.1 Å². The van der Waals surface area contributed by atoms with E-state index in [0.717, 1.165) is 30.7 Å². The van der Waals surface area contributed by atoms with Crippen LogP contribution in [0.5, 0.6) is 0 Å². The van der Waals surface area contributed by atoms with E-state index in [1.165, 1.54) is 11.3 Å². The number of hydrogen-bond acceptors (Lipinski definition) is 4. The molecule has 1 aromatic rings. The Balaban J connectivity index is 1.88. The Morgan fingerprint density at radius 2 is 2.31 bits per heavy atom. The van der Waals surface area contributed by atoms with Crippen LogP contribution in [0.1, 0.15) is 35.4 Å². The fraction of sp³-hybridized carbons (Fsp3) is 0.583. The minimum Gasteiger partial charge on any atom is -0.396 e. The van der Waals surface area contributed by atoms with Crippen LogP contribution in [0.4, 0.5) is 0 Å². The molecule has 0 aromatic carbocycles. The summed E-state index contributed by atoms with van der Waals surface area (Å²) in [5, 5.41) is 21.3. The topological polar surface area (TPSA) is 56.0 Å². The highest BCUT2D eigenvalue weighted by Gasteiger charge is 2.35. The van der Waals surface area contributed by atoms with Gasteiger partial charge in [-0.2, -0.15) is 5.26 Å². The first kappa shape index (κ1) is 11.6. The fourth-order valence-corrected chi connectivity index (χ4v) is 2.88. The number of nitrogens with zero attached hydrogens (tertiary/aromatic N) is 1. The van der Waals surface area contributed by atoms with Crippen molar-refractivity contribution in [2.75, 3.05) is 6.61 Å². The van der Waals surface area contributed by atoms with Crippen LogP contribution in [-0.2, 0) is 6.54 Å². The lowest BCUT2D eigenvalue weighted by atomic mass is 9.74. The first-order valence-electron chi connectivity index (χ1n) is 5.63. The molecule has 0 unspecified atom stereocenters. The van der Waals surface area contributed by atoms with Crippen molar-refractivity contribution in [2.24, 2.45) is 0 Å². The molecule has 3 nitrogen and oxygen atoms in total. The molecular weight excluding hydrogens is 220 g/mol. The van der Waals surface area contributed by atoms with Crippen LogP contribution >= 0.6 is 11.3 Å². The number of aliphatic hydroxyl groups is 1. The van der Waals surface area contributed by atoms with E-state index in [4.69, 9.17) is 10.4 Å². The first-order chi connectivity index (χ1) is 7.78. The molecule has 0 atom stereocenters. The standard InChI is InChI=1S/C12H16N2OS/c13-8-10-2-3-11(16-10)9-14-12(6-7-15)4-1-5-12/h2-3,14-15H,1,4-7,9H2. The Morgan fingerprint density at radius 1 is 1.50 bits per heavy atom. The average molecular weight is 236 g/mol. The number of thiophene rings is 1. The first-order valence-corrected chi connectivity index (χ1v) is 6.44. The van der Waals surface area contributed by atoms with E-state index >= 15 is 0 Å². The molecule has 0 radical (unpaired) electrons. The third-order valence-electron chi connectivity index (χ3n) is 3.31. The lowest BCUT2D eigenvalue weighted by Gasteiger charge is -2.42. The van der Waals surface area contributed by atoms with E-state index < -0.39 is 0 Å². The summed E-state index contributed by atoms with van der Waals surface area (Å²) in [6.07, 6.45) is 4.40. The van der Waals surface area contributed by atoms with Crippen molar-refractivity contribution in [3.63, 3.8) is 0 Å². The van der Waals surface area contributed by atoms with Crippen molar-refractivity contribution in [1.82, 2.24) is 5.32 Å². The number of aliphatic hydroxyl groups excluding tert-OH is 1. The van der Waals surface area contributed by atoms with Gasteiger partial charge in [0.05, 0.1) is 0 Å². The molecule has 1 aliphatic rings. The zero-order valence-electron chi connectivity index (χ0n) is 9.20. The van der Waals surface area contributed by atoms with Crippen molar-refractivity contribution in [1.29, 1.82) is 5.26 Å². The maximum absolute atomic E-state index is 9.03. The predicted molar refractivity (Wildman–Crippen MR) is 64.2 cm³/mol. The third-order valence-corrected chi connectivity index (χ3v) is 4.30. The lowest BCUT2D eigenvalue weighted by Crippen LogP contribution is -2.51. The van der Waals surface area contributed by atoms with Crippen molar-refractivity contribution >= 4 is 11.3 Å². The Kier molecular flexibility index (Phi) is 3.59. The predicted octanol–water partition coefficient (Wildman–Crippen LogP) is 2.01. The van der Waals surface area contributed by atoms with Gasteiger partial charge in [0.25, 0.3) is 0 Å². The van der Waals surface area contributed by atoms with Gasteiger partial charge < -0.3 is 10.4 Å². The van der Waals surface area contributed by atoms with E-state index in [-0.39, 0.29) is 12.1 Å². The molecular formula is C12H16N2OS. The molecule has 1 aliphatic carbocycles. The molecule has 86 valence electrons. The van der Waals surface area contributed by atoms with Gasteiger partial charge in [0.2, 0.25) is 0 Å².